The van der Waals surface area contributed by atoms with Crippen molar-refractivity contribution in [1.82, 2.24) is 0 Å². The highest BCUT2D eigenvalue weighted by atomic mass is 16.5. The van der Waals surface area contributed by atoms with Crippen LogP contribution in [0.3, 0.4) is 0 Å². The molecule has 22 heavy (non-hydrogen) atoms. The van der Waals surface area contributed by atoms with Gasteiger partial charge >= 0.3 is 5.97 Å². The third-order valence-electron chi connectivity index (χ3n) is 3.61. The molecule has 2 aromatic rings. The summed E-state index contributed by atoms with van der Waals surface area (Å²) in [4.78, 5) is 10.7. The second-order valence-electron chi connectivity index (χ2n) is 5.08. The van der Waals surface area contributed by atoms with Crippen LogP contribution in [-0.4, -0.2) is 25.3 Å². The van der Waals surface area contributed by atoms with Gasteiger partial charge in [0.15, 0.2) is 11.5 Å². The van der Waals surface area contributed by atoms with E-state index in [-0.39, 0.29) is 6.42 Å². The third-order valence-corrected chi connectivity index (χ3v) is 3.61. The molecule has 4 heteroatoms. The Morgan fingerprint density at radius 2 is 1.86 bits per heavy atom. The summed E-state index contributed by atoms with van der Waals surface area (Å²) in [6, 6.07) is 11.8. The molecule has 0 heterocycles. The number of ether oxygens (including phenoxy) is 2. The van der Waals surface area contributed by atoms with Crippen LogP contribution in [0.4, 0.5) is 0 Å². The molecular formula is C18H20O4. The van der Waals surface area contributed by atoms with Crippen LogP contribution in [0.5, 0.6) is 11.5 Å². The first kappa shape index (κ1) is 15.9. The summed E-state index contributed by atoms with van der Waals surface area (Å²) in [6.45, 7) is 2.01. The number of carboxylic acid groups (broad SMARTS) is 1. The maximum atomic E-state index is 10.7. The minimum absolute atomic E-state index is 0.140. The Labute approximate surface area is 130 Å². The van der Waals surface area contributed by atoms with E-state index in [1.807, 2.05) is 43.3 Å². The molecule has 1 N–H and O–H groups in total. The first-order valence-electron chi connectivity index (χ1n) is 7.09. The van der Waals surface area contributed by atoms with Gasteiger partial charge < -0.3 is 14.6 Å². The highest BCUT2D eigenvalue weighted by molar-refractivity contribution is 5.76. The Morgan fingerprint density at radius 1 is 1.09 bits per heavy atom. The predicted molar refractivity (Wildman–Crippen MR) is 85.7 cm³/mol. The summed E-state index contributed by atoms with van der Waals surface area (Å²) < 4.78 is 10.8. The molecule has 0 saturated carbocycles. The van der Waals surface area contributed by atoms with Crippen LogP contribution in [0, 0.1) is 6.92 Å². The minimum atomic E-state index is -0.781. The van der Waals surface area contributed by atoms with E-state index in [2.05, 4.69) is 0 Å². The molecule has 0 aliphatic heterocycles. The zero-order valence-corrected chi connectivity index (χ0v) is 13.1. The topological polar surface area (TPSA) is 55.8 Å². The van der Waals surface area contributed by atoms with Crippen molar-refractivity contribution in [3.05, 3.63) is 47.5 Å². The molecule has 0 aliphatic rings. The van der Waals surface area contributed by atoms with Crippen molar-refractivity contribution in [3.63, 3.8) is 0 Å². The van der Waals surface area contributed by atoms with Crippen molar-refractivity contribution in [2.24, 2.45) is 0 Å². The van der Waals surface area contributed by atoms with E-state index in [4.69, 9.17) is 14.6 Å². The van der Waals surface area contributed by atoms with Gasteiger partial charge in [0.25, 0.3) is 0 Å². The standard InChI is InChI=1S/C18H20O4/c1-12-11-13(8-10-17(19)20)7-9-14(12)15-5-4-6-16(21-2)18(15)22-3/h4-7,9,11H,8,10H2,1-3H3,(H,19,20). The molecule has 0 aromatic heterocycles. The lowest BCUT2D eigenvalue weighted by Crippen LogP contribution is -1.98. The fraction of sp³-hybridized carbons (Fsp3) is 0.278. The van der Waals surface area contributed by atoms with Gasteiger partial charge in [-0.05, 0) is 36.1 Å². The van der Waals surface area contributed by atoms with Crippen LogP contribution < -0.4 is 9.47 Å². The molecule has 2 rings (SSSR count). The van der Waals surface area contributed by atoms with Crippen molar-refractivity contribution in [2.45, 2.75) is 19.8 Å². The van der Waals surface area contributed by atoms with Crippen molar-refractivity contribution in [3.8, 4) is 22.6 Å². The maximum Gasteiger partial charge on any atom is 0.303 e. The Balaban J connectivity index is 2.39. The van der Waals surface area contributed by atoms with Gasteiger partial charge in [0.2, 0.25) is 0 Å². The van der Waals surface area contributed by atoms with E-state index in [0.29, 0.717) is 17.9 Å². The Hall–Kier alpha value is -2.49. The van der Waals surface area contributed by atoms with Crippen LogP contribution in [0.25, 0.3) is 11.1 Å². The highest BCUT2D eigenvalue weighted by Crippen LogP contribution is 2.39. The molecular weight excluding hydrogens is 280 g/mol. The van der Waals surface area contributed by atoms with E-state index in [1.54, 1.807) is 14.2 Å². The monoisotopic (exact) mass is 300 g/mol. The smallest absolute Gasteiger partial charge is 0.303 e. The molecule has 2 aromatic carbocycles. The summed E-state index contributed by atoms with van der Waals surface area (Å²) in [6.07, 6.45) is 0.674. The van der Waals surface area contributed by atoms with Gasteiger partial charge in [0, 0.05) is 12.0 Å². The molecule has 0 bridgehead atoms. The van der Waals surface area contributed by atoms with Crippen LogP contribution in [-0.2, 0) is 11.2 Å². The first-order valence-corrected chi connectivity index (χ1v) is 7.09. The van der Waals surface area contributed by atoms with Crippen LogP contribution in [0.2, 0.25) is 0 Å². The van der Waals surface area contributed by atoms with Gasteiger partial charge in [-0.2, -0.15) is 0 Å². The van der Waals surface area contributed by atoms with Crippen molar-refractivity contribution >= 4 is 5.97 Å². The second-order valence-corrected chi connectivity index (χ2v) is 5.08. The third kappa shape index (κ3) is 3.39. The van der Waals surface area contributed by atoms with Gasteiger partial charge in [-0.3, -0.25) is 4.79 Å². The van der Waals surface area contributed by atoms with Crippen molar-refractivity contribution in [1.29, 1.82) is 0 Å². The van der Waals surface area contributed by atoms with E-state index >= 15 is 0 Å². The van der Waals surface area contributed by atoms with Crippen LogP contribution >= 0.6 is 0 Å². The normalized spacial score (nSPS) is 10.3. The van der Waals surface area contributed by atoms with Gasteiger partial charge in [0.05, 0.1) is 14.2 Å². The fourth-order valence-electron chi connectivity index (χ4n) is 2.53. The number of para-hydroxylation sites is 1. The molecule has 0 radical (unpaired) electrons. The van der Waals surface area contributed by atoms with Gasteiger partial charge in [-0.25, -0.2) is 0 Å². The number of carboxylic acids is 1. The lowest BCUT2D eigenvalue weighted by molar-refractivity contribution is -0.136. The largest absolute Gasteiger partial charge is 0.493 e. The number of hydrogen-bond acceptors (Lipinski definition) is 3. The summed E-state index contributed by atoms with van der Waals surface area (Å²) in [5, 5.41) is 8.77. The molecule has 116 valence electrons. The molecule has 0 spiro atoms. The van der Waals surface area contributed by atoms with Crippen molar-refractivity contribution < 1.29 is 19.4 Å². The summed E-state index contributed by atoms with van der Waals surface area (Å²) in [7, 11) is 3.24. The van der Waals surface area contributed by atoms with Crippen molar-refractivity contribution in [2.75, 3.05) is 14.2 Å². The number of hydrogen-bond donors (Lipinski definition) is 1. The molecule has 0 unspecified atom stereocenters. The van der Waals surface area contributed by atoms with Gasteiger partial charge in [-0.15, -0.1) is 0 Å². The average Bonchev–Trinajstić information content (AvgIpc) is 2.52. The van der Waals surface area contributed by atoms with E-state index in [9.17, 15) is 4.79 Å². The molecule has 0 saturated heterocycles. The predicted octanol–water partition coefficient (Wildman–Crippen LogP) is 3.70. The number of aliphatic carboxylic acids is 1. The Bertz CT molecular complexity index is 677. The molecule has 0 atom stereocenters. The molecule has 0 aliphatic carbocycles. The first-order chi connectivity index (χ1) is 10.6. The number of rotatable bonds is 6. The zero-order valence-electron chi connectivity index (χ0n) is 13.1. The fourth-order valence-corrected chi connectivity index (χ4v) is 2.53. The lowest BCUT2D eigenvalue weighted by atomic mass is 9.96. The number of benzene rings is 2. The number of methoxy groups -OCH3 is 2. The van der Waals surface area contributed by atoms with E-state index in [1.165, 1.54) is 0 Å². The van der Waals surface area contributed by atoms with Gasteiger partial charge in [0.1, 0.15) is 0 Å². The minimum Gasteiger partial charge on any atom is -0.493 e. The molecule has 0 fully saturated rings. The SMILES string of the molecule is COc1cccc(-c2ccc(CCC(=O)O)cc2C)c1OC. The van der Waals surface area contributed by atoms with Crippen LogP contribution in [0.1, 0.15) is 17.5 Å². The number of carbonyl (C=O) groups is 1. The summed E-state index contributed by atoms with van der Waals surface area (Å²) >= 11 is 0. The zero-order chi connectivity index (χ0) is 16.1. The molecule has 4 nitrogen and oxygen atoms in total. The Kier molecular flexibility index (Phi) is 5.04. The number of aryl methyl sites for hydroxylation is 2. The van der Waals surface area contributed by atoms with E-state index in [0.717, 1.165) is 22.3 Å². The summed E-state index contributed by atoms with van der Waals surface area (Å²) in [5.74, 6) is 0.608. The Morgan fingerprint density at radius 3 is 2.45 bits per heavy atom. The average molecular weight is 300 g/mol. The quantitative estimate of drug-likeness (QED) is 0.884. The highest BCUT2D eigenvalue weighted by Gasteiger charge is 2.13. The maximum absolute atomic E-state index is 10.7. The van der Waals surface area contributed by atoms with Gasteiger partial charge in [-0.1, -0.05) is 30.3 Å². The lowest BCUT2D eigenvalue weighted by Gasteiger charge is -2.15. The van der Waals surface area contributed by atoms with E-state index < -0.39 is 5.97 Å². The summed E-state index contributed by atoms with van der Waals surface area (Å²) in [5.41, 5.74) is 4.11. The van der Waals surface area contributed by atoms with Crippen LogP contribution in [0.15, 0.2) is 36.4 Å². The molecule has 0 amide bonds. The second kappa shape index (κ2) is 6.98.